The van der Waals surface area contributed by atoms with E-state index in [2.05, 4.69) is 15.0 Å². The molecule has 0 saturated carbocycles. The third-order valence-corrected chi connectivity index (χ3v) is 1.98. The van der Waals surface area contributed by atoms with E-state index in [9.17, 15) is 18.0 Å². The number of carbonyl (C=O) groups excluding carboxylic acids is 1. The van der Waals surface area contributed by atoms with Crippen LogP contribution in [-0.2, 0) is 4.74 Å². The molecule has 0 aromatic carbocycles. The highest BCUT2D eigenvalue weighted by Crippen LogP contribution is 2.15. The number of anilines is 2. The van der Waals surface area contributed by atoms with E-state index < -0.39 is 18.7 Å². The van der Waals surface area contributed by atoms with Crippen LogP contribution in [-0.4, -0.2) is 36.8 Å². The summed E-state index contributed by atoms with van der Waals surface area (Å²) >= 11 is 0. The zero-order valence-corrected chi connectivity index (χ0v) is 9.83. The van der Waals surface area contributed by atoms with Crippen molar-refractivity contribution in [2.75, 3.05) is 30.8 Å². The quantitative estimate of drug-likeness (QED) is 0.666. The summed E-state index contributed by atoms with van der Waals surface area (Å²) in [5, 5.41) is 2.65. The van der Waals surface area contributed by atoms with Gasteiger partial charge in [0.1, 0.15) is 12.4 Å². The van der Waals surface area contributed by atoms with Crippen molar-refractivity contribution in [3.05, 3.63) is 17.8 Å². The summed E-state index contributed by atoms with van der Waals surface area (Å²) in [7, 11) is 0. The predicted octanol–water partition coefficient (Wildman–Crippen LogP) is 0.753. The van der Waals surface area contributed by atoms with Crippen LogP contribution in [0.4, 0.5) is 24.7 Å². The molecular weight excluding hydrogens is 265 g/mol. The Morgan fingerprint density at radius 3 is 2.74 bits per heavy atom. The van der Waals surface area contributed by atoms with E-state index in [4.69, 9.17) is 11.5 Å². The molecule has 0 atom stereocenters. The molecule has 6 nitrogen and oxygen atoms in total. The normalized spacial score (nSPS) is 11.3. The first kappa shape index (κ1) is 15.0. The molecule has 19 heavy (non-hydrogen) atoms. The van der Waals surface area contributed by atoms with Crippen LogP contribution in [0, 0.1) is 0 Å². The van der Waals surface area contributed by atoms with Crippen LogP contribution in [0.15, 0.2) is 12.3 Å². The maximum Gasteiger partial charge on any atom is 0.411 e. The van der Waals surface area contributed by atoms with Crippen molar-refractivity contribution in [1.29, 1.82) is 0 Å². The Labute approximate surface area is 106 Å². The molecule has 0 bridgehead atoms. The second-order valence-corrected chi connectivity index (χ2v) is 3.62. The fourth-order valence-electron chi connectivity index (χ4n) is 1.24. The maximum atomic E-state index is 11.8. The van der Waals surface area contributed by atoms with Gasteiger partial charge in [0.15, 0.2) is 0 Å². The second-order valence-electron chi connectivity index (χ2n) is 3.62. The first-order valence-corrected chi connectivity index (χ1v) is 5.23. The molecule has 0 fully saturated rings. The number of halogens is 3. The van der Waals surface area contributed by atoms with Gasteiger partial charge in [-0.25, -0.2) is 4.98 Å². The summed E-state index contributed by atoms with van der Waals surface area (Å²) in [5.74, 6) is -0.587. The number of nitrogens with one attached hydrogen (secondary N) is 1. The van der Waals surface area contributed by atoms with Crippen LogP contribution < -0.4 is 16.8 Å². The van der Waals surface area contributed by atoms with Gasteiger partial charge in [0, 0.05) is 6.54 Å². The molecule has 1 aromatic heterocycles. The van der Waals surface area contributed by atoms with Gasteiger partial charge in [-0.3, -0.25) is 4.79 Å². The summed E-state index contributed by atoms with van der Waals surface area (Å²) in [5.41, 5.74) is 10.9. The third kappa shape index (κ3) is 5.42. The average Bonchev–Trinajstić information content (AvgIpc) is 2.28. The lowest BCUT2D eigenvalue weighted by molar-refractivity contribution is -0.172. The zero-order chi connectivity index (χ0) is 14.5. The lowest BCUT2D eigenvalue weighted by Gasteiger charge is -2.11. The van der Waals surface area contributed by atoms with Gasteiger partial charge >= 0.3 is 6.18 Å². The van der Waals surface area contributed by atoms with E-state index in [1.807, 2.05) is 0 Å². The number of nitrogens with zero attached hydrogens (tertiary/aromatic N) is 1. The Hall–Kier alpha value is -2.03. The monoisotopic (exact) mass is 278 g/mol. The minimum atomic E-state index is -4.36. The highest BCUT2D eigenvalue weighted by atomic mass is 19.4. The van der Waals surface area contributed by atoms with Gasteiger partial charge in [0.25, 0.3) is 5.91 Å². The number of alkyl halides is 3. The number of pyridine rings is 1. The van der Waals surface area contributed by atoms with Crippen LogP contribution in [0.3, 0.4) is 0 Å². The molecular formula is C10H13F3N4O2. The number of carbonyl (C=O) groups is 1. The lowest BCUT2D eigenvalue weighted by atomic mass is 10.2. The minimum Gasteiger partial charge on any atom is -0.397 e. The third-order valence-electron chi connectivity index (χ3n) is 1.98. The molecule has 9 heteroatoms. The molecule has 1 amide bonds. The average molecular weight is 278 g/mol. The van der Waals surface area contributed by atoms with E-state index in [0.29, 0.717) is 0 Å². The summed E-state index contributed by atoms with van der Waals surface area (Å²) in [6.45, 7) is -1.47. The van der Waals surface area contributed by atoms with Crippen LogP contribution in [0.25, 0.3) is 0 Å². The fraction of sp³-hybridized carbons (Fsp3) is 0.400. The maximum absolute atomic E-state index is 11.8. The smallest absolute Gasteiger partial charge is 0.397 e. The molecule has 0 unspecified atom stereocenters. The van der Waals surface area contributed by atoms with Crippen molar-refractivity contribution < 1.29 is 22.7 Å². The van der Waals surface area contributed by atoms with Crippen molar-refractivity contribution in [1.82, 2.24) is 4.98 Å². The second kappa shape index (κ2) is 6.23. The van der Waals surface area contributed by atoms with Gasteiger partial charge < -0.3 is 21.5 Å². The summed E-state index contributed by atoms with van der Waals surface area (Å²) < 4.78 is 39.8. The van der Waals surface area contributed by atoms with Gasteiger partial charge in [-0.2, -0.15) is 13.2 Å². The van der Waals surface area contributed by atoms with E-state index in [1.165, 1.54) is 12.3 Å². The van der Waals surface area contributed by atoms with Gasteiger partial charge in [0.2, 0.25) is 0 Å². The van der Waals surface area contributed by atoms with Crippen LogP contribution in [0.2, 0.25) is 0 Å². The highest BCUT2D eigenvalue weighted by molar-refractivity contribution is 5.98. The van der Waals surface area contributed by atoms with E-state index in [-0.39, 0.29) is 30.2 Å². The number of amides is 1. The van der Waals surface area contributed by atoms with Gasteiger partial charge in [-0.1, -0.05) is 0 Å². The molecule has 1 rings (SSSR count). The molecule has 0 aliphatic heterocycles. The van der Waals surface area contributed by atoms with Gasteiger partial charge in [0.05, 0.1) is 24.1 Å². The van der Waals surface area contributed by atoms with Gasteiger partial charge in [-0.15, -0.1) is 0 Å². The Bertz CT molecular complexity index is 451. The number of hydrogen-bond donors (Lipinski definition) is 3. The molecule has 5 N–H and O–H groups in total. The molecule has 1 aromatic rings. The SMILES string of the molecule is NC(=O)c1cc(N)cnc1NCCOCC(F)(F)F. The molecule has 0 saturated heterocycles. The number of hydrogen-bond acceptors (Lipinski definition) is 5. The highest BCUT2D eigenvalue weighted by Gasteiger charge is 2.27. The Kier molecular flexibility index (Phi) is 4.93. The van der Waals surface area contributed by atoms with Crippen molar-refractivity contribution in [2.24, 2.45) is 5.73 Å². The Morgan fingerprint density at radius 2 is 2.16 bits per heavy atom. The first-order chi connectivity index (χ1) is 8.79. The molecule has 106 valence electrons. The molecule has 1 heterocycles. The fourth-order valence-corrected chi connectivity index (χ4v) is 1.24. The molecule has 0 spiro atoms. The Morgan fingerprint density at radius 1 is 1.47 bits per heavy atom. The van der Waals surface area contributed by atoms with Crippen LogP contribution >= 0.6 is 0 Å². The summed E-state index contributed by atoms with van der Waals surface area (Å²) in [4.78, 5) is 14.9. The van der Waals surface area contributed by atoms with Crippen LogP contribution in [0.5, 0.6) is 0 Å². The Balaban J connectivity index is 2.47. The summed E-state index contributed by atoms with van der Waals surface area (Å²) in [6, 6.07) is 1.33. The first-order valence-electron chi connectivity index (χ1n) is 5.23. The number of ether oxygens (including phenoxy) is 1. The standard InChI is InChI=1S/C10H13F3N4O2/c11-10(12,13)5-19-2-1-16-9-7(8(15)18)3-6(14)4-17-9/h3-4H,1-2,5,14H2,(H2,15,18)(H,16,17). The van der Waals surface area contributed by atoms with E-state index >= 15 is 0 Å². The van der Waals surface area contributed by atoms with Gasteiger partial charge in [-0.05, 0) is 6.07 Å². The predicted molar refractivity (Wildman–Crippen MR) is 62.5 cm³/mol. The lowest BCUT2D eigenvalue weighted by Crippen LogP contribution is -2.21. The molecule has 0 radical (unpaired) electrons. The zero-order valence-electron chi connectivity index (χ0n) is 9.83. The number of rotatable bonds is 6. The van der Waals surface area contributed by atoms with E-state index in [0.717, 1.165) is 0 Å². The summed E-state index contributed by atoms with van der Waals surface area (Å²) in [6.07, 6.45) is -3.07. The van der Waals surface area contributed by atoms with Crippen molar-refractivity contribution in [2.45, 2.75) is 6.18 Å². The number of aromatic nitrogens is 1. The number of primary amides is 1. The van der Waals surface area contributed by atoms with Crippen LogP contribution in [0.1, 0.15) is 10.4 Å². The largest absolute Gasteiger partial charge is 0.411 e. The van der Waals surface area contributed by atoms with Crippen molar-refractivity contribution in [3.63, 3.8) is 0 Å². The van der Waals surface area contributed by atoms with E-state index in [1.54, 1.807) is 0 Å². The van der Waals surface area contributed by atoms with Crippen molar-refractivity contribution >= 4 is 17.4 Å². The number of nitrogens with two attached hydrogens (primary N) is 2. The molecule has 0 aliphatic rings. The molecule has 0 aliphatic carbocycles. The van der Waals surface area contributed by atoms with Crippen molar-refractivity contribution in [3.8, 4) is 0 Å². The number of nitrogen functional groups attached to an aromatic ring is 1. The topological polar surface area (TPSA) is 103 Å². The minimum absolute atomic E-state index is 0.0489.